The van der Waals surface area contributed by atoms with Crippen LogP contribution in [0.5, 0.6) is 0 Å². The van der Waals surface area contributed by atoms with Crippen LogP contribution in [-0.2, 0) is 0 Å². The van der Waals surface area contributed by atoms with E-state index >= 15 is 0 Å². The summed E-state index contributed by atoms with van der Waals surface area (Å²) in [6, 6.07) is 0. The van der Waals surface area contributed by atoms with E-state index in [1.807, 2.05) is 0 Å². The second kappa shape index (κ2) is 9.64. The Kier molecular flexibility index (Phi) is 16.7. The highest BCUT2D eigenvalue weighted by atomic mass is 35.5. The molecule has 0 fully saturated rings. The minimum Gasteiger partial charge on any atom is -0.130 e. The Bertz CT molecular complexity index is 13.5. The quantitative estimate of drug-likeness (QED) is 0.372. The highest BCUT2D eigenvalue weighted by Crippen LogP contribution is 1.90. The molecule has 0 aliphatic carbocycles. The van der Waals surface area contributed by atoms with Crippen molar-refractivity contribution in [2.24, 2.45) is 0 Å². The molecule has 0 aromatic rings. The third-order valence-electron chi connectivity index (χ3n) is 0. The molecule has 0 heterocycles. The van der Waals surface area contributed by atoms with Crippen LogP contribution in [0, 0.1) is 0 Å². The summed E-state index contributed by atoms with van der Waals surface area (Å²) in [7, 11) is 0. The molecule has 0 amide bonds. The number of hydrogen-bond acceptors (Lipinski definition) is 0. The predicted molar refractivity (Wildman–Crippen MR) is 35.8 cm³/mol. The molecular weight excluding hydrogens is 157 g/mol. The van der Waals surface area contributed by atoms with Crippen molar-refractivity contribution in [3.8, 4) is 0 Å². The number of rotatable bonds is 0. The van der Waals surface area contributed by atoms with E-state index in [0.29, 0.717) is 0 Å². The van der Waals surface area contributed by atoms with Crippen LogP contribution in [-0.4, -0.2) is 26.4 Å². The van der Waals surface area contributed by atoms with Gasteiger partial charge in [0.2, 0.25) is 0 Å². The fourth-order valence-electron chi connectivity index (χ4n) is 0. The van der Waals surface area contributed by atoms with Crippen LogP contribution in [0.4, 0.5) is 0 Å². The van der Waals surface area contributed by atoms with Gasteiger partial charge in [-0.3, -0.25) is 0 Å². The summed E-state index contributed by atoms with van der Waals surface area (Å²) in [5.74, 6) is 0. The summed E-state index contributed by atoms with van der Waals surface area (Å²) in [4.78, 5) is 0. The lowest BCUT2D eigenvalue weighted by Crippen LogP contribution is -1.75. The van der Waals surface area contributed by atoms with Crippen molar-refractivity contribution < 1.29 is 0 Å². The Morgan fingerprint density at radius 2 is 1.33 bits per heavy atom. The van der Waals surface area contributed by atoms with Gasteiger partial charge < -0.3 is 0 Å². The minimum absolute atomic E-state index is 0.0833. The number of halogens is 3. The molecule has 4 heteroatoms. The van der Waals surface area contributed by atoms with E-state index in [1.165, 1.54) is 6.38 Å². The normalized spacial score (nSPS) is 6.83. The molecular formula is C2H6AlCl3. The van der Waals surface area contributed by atoms with Crippen LogP contribution in [0.2, 0.25) is 0 Å². The van der Waals surface area contributed by atoms with E-state index in [1.54, 1.807) is 0 Å². The Morgan fingerprint density at radius 1 is 1.33 bits per heavy atom. The molecule has 0 rings (SSSR count). The first-order valence-corrected chi connectivity index (χ1v) is 4.18. The molecule has 0 saturated carbocycles. The fraction of sp³-hybridized carbons (Fsp3) is 1.00. The van der Waals surface area contributed by atoms with Crippen LogP contribution in [0.3, 0.4) is 0 Å². The Morgan fingerprint density at radius 3 is 1.33 bits per heavy atom. The van der Waals surface area contributed by atoms with Crippen LogP contribution < -0.4 is 0 Å². The van der Waals surface area contributed by atoms with E-state index < -0.39 is 0 Å². The highest BCUT2D eigenvalue weighted by Gasteiger charge is 1.77. The standard InChI is InChI=1S/CHCl2.CH3Cl.Al.2H/c2-1-3;1-2;;;/h1H;1H3;;;. The summed E-state index contributed by atoms with van der Waals surface area (Å²) in [6.45, 7) is 0. The Hall–Kier alpha value is 1.40. The lowest BCUT2D eigenvalue weighted by molar-refractivity contribution is 1.96. The first-order valence-electron chi connectivity index (χ1n) is 1.39. The van der Waals surface area contributed by atoms with Crippen LogP contribution in [0.15, 0.2) is 0 Å². The zero-order valence-electron chi connectivity index (χ0n) is 3.71. The molecule has 0 radical (unpaired) electrons. The number of alkyl halides is 3. The minimum atomic E-state index is -0.0833. The van der Waals surface area contributed by atoms with Gasteiger partial charge >= 0.3 is 0 Å². The van der Waals surface area contributed by atoms with Gasteiger partial charge in [0, 0.05) is 10.1 Å². The summed E-state index contributed by atoms with van der Waals surface area (Å²) in [6.07, 6.45) is 1.47. The largest absolute Gasteiger partial charge is 0.265 e. The predicted octanol–water partition coefficient (Wildman–Crippen LogP) is 1.24. The van der Waals surface area contributed by atoms with E-state index in [9.17, 15) is 0 Å². The molecule has 0 N–H and O–H groups in total. The molecule has 0 saturated heterocycles. The van der Waals surface area contributed by atoms with Crippen molar-refractivity contribution >= 4 is 51.1 Å². The lowest BCUT2D eigenvalue weighted by Gasteiger charge is -1.71. The summed E-state index contributed by atoms with van der Waals surface area (Å²) in [5.41, 5.74) is 0. The van der Waals surface area contributed by atoms with E-state index in [4.69, 9.17) is 23.2 Å². The molecule has 0 aromatic carbocycles. The zero-order valence-corrected chi connectivity index (χ0v) is 7.98. The molecule has 0 bridgehead atoms. The van der Waals surface area contributed by atoms with Crippen molar-refractivity contribution in [3.05, 3.63) is 0 Å². The molecule has 0 aliphatic heterocycles. The van der Waals surface area contributed by atoms with Gasteiger partial charge in [0.05, 0.1) is 0 Å². The first kappa shape index (κ1) is 10.4. The summed E-state index contributed by atoms with van der Waals surface area (Å²) >= 11 is 15.7. The Labute approximate surface area is 61.2 Å². The maximum atomic E-state index is 5.10. The molecule has 38 valence electrons. The molecule has 0 spiro atoms. The summed E-state index contributed by atoms with van der Waals surface area (Å²) in [5, 5.41) is 0. The van der Waals surface area contributed by atoms with Gasteiger partial charge in [-0.05, 0) is 0 Å². The smallest absolute Gasteiger partial charge is 0.130 e. The van der Waals surface area contributed by atoms with Crippen molar-refractivity contribution in [1.82, 2.24) is 0 Å². The monoisotopic (exact) mass is 162 g/mol. The van der Waals surface area contributed by atoms with Gasteiger partial charge in [0.1, 0.15) is 0 Å². The van der Waals surface area contributed by atoms with Crippen LogP contribution >= 0.6 is 34.8 Å². The molecule has 0 aromatic heterocycles. The maximum Gasteiger partial charge on any atom is 0.265 e. The second-order valence-electron chi connectivity index (χ2n) is 0.519. The van der Waals surface area contributed by atoms with E-state index in [2.05, 4.69) is 11.6 Å². The van der Waals surface area contributed by atoms with Crippen molar-refractivity contribution in [2.75, 3.05) is 6.38 Å². The van der Waals surface area contributed by atoms with Gasteiger partial charge in [-0.15, -0.1) is 34.8 Å². The lowest BCUT2D eigenvalue weighted by atomic mass is 11.9. The fourth-order valence-corrected chi connectivity index (χ4v) is 0. The zero-order chi connectivity index (χ0) is 5.58. The SMILES string of the molecule is CCl.[AlH2][CH](Cl)Cl. The average molecular weight is 163 g/mol. The van der Waals surface area contributed by atoms with Crippen LogP contribution in [0.25, 0.3) is 0 Å². The van der Waals surface area contributed by atoms with Crippen molar-refractivity contribution in [2.45, 2.75) is 3.70 Å². The second-order valence-corrected chi connectivity index (χ2v) is 4.67. The maximum absolute atomic E-state index is 5.10. The average Bonchev–Trinajstić information content (AvgIpc) is 1.41. The van der Waals surface area contributed by atoms with Gasteiger partial charge in [-0.1, -0.05) is 0 Å². The summed E-state index contributed by atoms with van der Waals surface area (Å²) < 4.78 is -0.0833. The topological polar surface area (TPSA) is 0 Å². The molecule has 0 nitrogen and oxygen atoms in total. The van der Waals surface area contributed by atoms with Crippen molar-refractivity contribution in [1.29, 1.82) is 0 Å². The third kappa shape index (κ3) is 53.2. The highest BCUT2D eigenvalue weighted by molar-refractivity contribution is 6.60. The number of hydrogen-bond donors (Lipinski definition) is 0. The van der Waals surface area contributed by atoms with E-state index in [-0.39, 0.29) is 3.70 Å². The van der Waals surface area contributed by atoms with Gasteiger partial charge in [0.25, 0.3) is 16.3 Å². The van der Waals surface area contributed by atoms with Crippen LogP contribution in [0.1, 0.15) is 0 Å². The molecule has 6 heavy (non-hydrogen) atoms. The Balaban J connectivity index is 0. The van der Waals surface area contributed by atoms with E-state index in [0.717, 1.165) is 16.3 Å². The van der Waals surface area contributed by atoms with Gasteiger partial charge in [-0.25, -0.2) is 0 Å². The first-order chi connectivity index (χ1) is 2.73. The van der Waals surface area contributed by atoms with Gasteiger partial charge in [-0.2, -0.15) is 0 Å². The molecule has 0 unspecified atom stereocenters. The molecule has 0 atom stereocenters. The molecule has 0 aliphatic rings. The third-order valence-corrected chi connectivity index (χ3v) is 0. The van der Waals surface area contributed by atoms with Gasteiger partial charge in [0.15, 0.2) is 0 Å². The van der Waals surface area contributed by atoms with Crippen molar-refractivity contribution in [3.63, 3.8) is 0 Å².